The second-order valence-electron chi connectivity index (χ2n) is 12.8. The minimum absolute atomic E-state index is 0.576. The number of hydrogen-bond acceptors (Lipinski definition) is 5. The van der Waals surface area contributed by atoms with Crippen molar-refractivity contribution in [1.29, 1.82) is 0 Å². The van der Waals surface area contributed by atoms with E-state index >= 15 is 0 Å². The van der Waals surface area contributed by atoms with Gasteiger partial charge in [-0.05, 0) is 60.7 Å². The predicted molar refractivity (Wildman–Crippen MR) is 205 cm³/mol. The lowest BCUT2D eigenvalue weighted by atomic mass is 10.0. The zero-order chi connectivity index (χ0) is 33.5. The smallest absolute Gasteiger partial charge is 0.164 e. The molecule has 0 saturated carbocycles. The highest BCUT2D eigenvalue weighted by Crippen LogP contribution is 2.38. The van der Waals surface area contributed by atoms with Crippen LogP contribution in [0.1, 0.15) is 0 Å². The third kappa shape index (κ3) is 4.26. The van der Waals surface area contributed by atoms with Gasteiger partial charge in [0.2, 0.25) is 0 Å². The average molecular weight is 655 g/mol. The number of para-hydroxylation sites is 4. The lowest BCUT2D eigenvalue weighted by Crippen LogP contribution is -2.01. The molecule has 11 aromatic rings. The zero-order valence-corrected chi connectivity index (χ0v) is 27.1. The van der Waals surface area contributed by atoms with E-state index in [9.17, 15) is 0 Å². The van der Waals surface area contributed by atoms with Gasteiger partial charge in [0, 0.05) is 54.7 Å². The van der Waals surface area contributed by atoms with E-state index in [1.807, 2.05) is 60.7 Å². The van der Waals surface area contributed by atoms with Gasteiger partial charge in [-0.2, -0.15) is 0 Å². The van der Waals surface area contributed by atoms with E-state index in [0.717, 1.165) is 77.3 Å². The molecule has 0 spiro atoms. The third-order valence-electron chi connectivity index (χ3n) is 9.86. The molecule has 51 heavy (non-hydrogen) atoms. The first-order chi connectivity index (χ1) is 25.3. The highest BCUT2D eigenvalue weighted by molar-refractivity contribution is 6.12. The highest BCUT2D eigenvalue weighted by Gasteiger charge is 2.19. The minimum atomic E-state index is 0.576. The molecule has 4 aromatic heterocycles. The van der Waals surface area contributed by atoms with Crippen molar-refractivity contribution in [3.63, 3.8) is 0 Å². The summed E-state index contributed by atoms with van der Waals surface area (Å²) in [6, 6.07) is 53.9. The molecule has 0 aliphatic rings. The predicted octanol–water partition coefficient (Wildman–Crippen LogP) is 11.8. The van der Waals surface area contributed by atoms with Gasteiger partial charge in [0.05, 0.1) is 11.0 Å². The van der Waals surface area contributed by atoms with Gasteiger partial charge in [-0.15, -0.1) is 0 Å². The molecule has 0 saturated heterocycles. The van der Waals surface area contributed by atoms with E-state index < -0.39 is 0 Å². The fourth-order valence-electron chi connectivity index (χ4n) is 7.57. The van der Waals surface area contributed by atoms with Crippen LogP contribution in [0.25, 0.3) is 106 Å². The Labute approximate surface area is 290 Å². The summed E-state index contributed by atoms with van der Waals surface area (Å²) in [7, 11) is 0. The molecule has 0 aliphatic heterocycles. The standard InChI is InChI=1S/C45H26N4O2/c1-5-18-36-30(13-1)31-14-2-6-19-37(31)49(36)29-12-9-11-27(25-29)43-46-44(28-23-24-40-35(26-28)32-15-3-7-20-38(32)50-40)48-45(47-43)34-17-10-22-41-42(34)33-16-4-8-21-39(33)51-41/h1-26H. The zero-order valence-electron chi connectivity index (χ0n) is 27.1. The molecule has 0 N–H and O–H groups in total. The van der Waals surface area contributed by atoms with Gasteiger partial charge in [-0.25, -0.2) is 15.0 Å². The lowest BCUT2D eigenvalue weighted by molar-refractivity contribution is 0.668. The van der Waals surface area contributed by atoms with E-state index in [-0.39, 0.29) is 0 Å². The van der Waals surface area contributed by atoms with Gasteiger partial charge in [0.15, 0.2) is 17.5 Å². The van der Waals surface area contributed by atoms with Crippen molar-refractivity contribution in [2.75, 3.05) is 0 Å². The summed E-state index contributed by atoms with van der Waals surface area (Å²) in [5, 5.41) is 6.50. The summed E-state index contributed by atoms with van der Waals surface area (Å²) in [6.07, 6.45) is 0. The van der Waals surface area contributed by atoms with Crippen molar-refractivity contribution in [2.45, 2.75) is 0 Å². The topological polar surface area (TPSA) is 69.9 Å². The number of hydrogen-bond donors (Lipinski definition) is 0. The summed E-state index contributed by atoms with van der Waals surface area (Å²) >= 11 is 0. The van der Waals surface area contributed by atoms with Crippen LogP contribution in [0.2, 0.25) is 0 Å². The monoisotopic (exact) mass is 654 g/mol. The van der Waals surface area contributed by atoms with Crippen LogP contribution in [0.15, 0.2) is 167 Å². The van der Waals surface area contributed by atoms with Crippen molar-refractivity contribution in [3.8, 4) is 39.9 Å². The number of nitrogens with zero attached hydrogens (tertiary/aromatic N) is 4. The van der Waals surface area contributed by atoms with Gasteiger partial charge in [0.25, 0.3) is 0 Å². The highest BCUT2D eigenvalue weighted by atomic mass is 16.3. The van der Waals surface area contributed by atoms with Crippen LogP contribution in [0.5, 0.6) is 0 Å². The molecule has 4 heterocycles. The molecule has 0 bridgehead atoms. The number of rotatable bonds is 4. The molecule has 238 valence electrons. The summed E-state index contributed by atoms with van der Waals surface area (Å²) in [5.41, 5.74) is 9.25. The fourth-order valence-corrected chi connectivity index (χ4v) is 7.57. The molecule has 0 aliphatic carbocycles. The Bertz CT molecular complexity index is 3110. The van der Waals surface area contributed by atoms with Gasteiger partial charge >= 0.3 is 0 Å². The normalized spacial score (nSPS) is 11.9. The second kappa shape index (κ2) is 10.7. The molecule has 0 atom stereocenters. The molecular weight excluding hydrogens is 629 g/mol. The first kappa shape index (κ1) is 27.9. The van der Waals surface area contributed by atoms with Crippen molar-refractivity contribution >= 4 is 65.7 Å². The van der Waals surface area contributed by atoms with E-state index in [1.54, 1.807) is 0 Å². The van der Waals surface area contributed by atoms with Gasteiger partial charge in [0.1, 0.15) is 22.3 Å². The van der Waals surface area contributed by atoms with Crippen molar-refractivity contribution < 1.29 is 8.83 Å². The molecule has 6 heteroatoms. The van der Waals surface area contributed by atoms with Crippen LogP contribution in [0.4, 0.5) is 0 Å². The summed E-state index contributed by atoms with van der Waals surface area (Å²) in [5.74, 6) is 1.74. The molecule has 0 amide bonds. The van der Waals surface area contributed by atoms with Crippen LogP contribution in [0.3, 0.4) is 0 Å². The van der Waals surface area contributed by atoms with E-state index in [2.05, 4.69) is 102 Å². The molecule has 7 aromatic carbocycles. The Morgan fingerprint density at radius 1 is 0.373 bits per heavy atom. The minimum Gasteiger partial charge on any atom is -0.456 e. The second-order valence-corrected chi connectivity index (χ2v) is 12.8. The Balaban J connectivity index is 1.16. The summed E-state index contributed by atoms with van der Waals surface area (Å²) in [4.78, 5) is 15.5. The van der Waals surface area contributed by atoms with Crippen LogP contribution in [-0.2, 0) is 0 Å². The fraction of sp³-hybridized carbons (Fsp3) is 0. The molecule has 6 nitrogen and oxygen atoms in total. The van der Waals surface area contributed by atoms with E-state index in [4.69, 9.17) is 23.8 Å². The summed E-state index contributed by atoms with van der Waals surface area (Å²) < 4.78 is 14.7. The maximum absolute atomic E-state index is 6.27. The maximum Gasteiger partial charge on any atom is 0.164 e. The number of fused-ring (bicyclic) bond motifs is 9. The van der Waals surface area contributed by atoms with Crippen molar-refractivity contribution in [3.05, 3.63) is 158 Å². The molecule has 11 rings (SSSR count). The first-order valence-electron chi connectivity index (χ1n) is 16.9. The molecule has 0 unspecified atom stereocenters. The van der Waals surface area contributed by atoms with E-state index in [1.165, 1.54) is 10.8 Å². The van der Waals surface area contributed by atoms with Crippen molar-refractivity contribution in [1.82, 2.24) is 19.5 Å². The average Bonchev–Trinajstić information content (AvgIpc) is 3.87. The Kier molecular flexibility index (Phi) is 5.86. The summed E-state index contributed by atoms with van der Waals surface area (Å²) in [6.45, 7) is 0. The van der Waals surface area contributed by atoms with Gasteiger partial charge in [-0.3, -0.25) is 0 Å². The molecule has 0 radical (unpaired) electrons. The van der Waals surface area contributed by atoms with Gasteiger partial charge < -0.3 is 13.4 Å². The Morgan fingerprint density at radius 2 is 0.922 bits per heavy atom. The quantitative estimate of drug-likeness (QED) is 0.189. The third-order valence-corrected chi connectivity index (χ3v) is 9.86. The SMILES string of the molecule is c1cc(-c2nc(-c3ccc4oc5ccccc5c4c3)nc(-c3cccc4oc5ccccc5c34)n2)cc(-n2c3ccccc3c3ccccc32)c1. The lowest BCUT2D eigenvalue weighted by Gasteiger charge is -2.12. The van der Waals surface area contributed by atoms with Crippen LogP contribution in [0, 0.1) is 0 Å². The van der Waals surface area contributed by atoms with Crippen LogP contribution in [-0.4, -0.2) is 19.5 Å². The molecule has 0 fully saturated rings. The largest absolute Gasteiger partial charge is 0.456 e. The first-order valence-corrected chi connectivity index (χ1v) is 16.9. The van der Waals surface area contributed by atoms with Gasteiger partial charge in [-0.1, -0.05) is 97.1 Å². The molecular formula is C45H26N4O2. The number of aromatic nitrogens is 4. The van der Waals surface area contributed by atoms with Crippen LogP contribution < -0.4 is 0 Å². The number of furan rings is 2. The Morgan fingerprint density at radius 3 is 1.69 bits per heavy atom. The van der Waals surface area contributed by atoms with Crippen LogP contribution >= 0.6 is 0 Å². The maximum atomic E-state index is 6.27. The number of benzene rings is 7. The van der Waals surface area contributed by atoms with E-state index in [0.29, 0.717) is 17.5 Å². The van der Waals surface area contributed by atoms with Crippen molar-refractivity contribution in [2.24, 2.45) is 0 Å². The Hall–Kier alpha value is -7.05.